The molecule has 3 nitrogen and oxygen atoms in total. The van der Waals surface area contributed by atoms with Crippen molar-refractivity contribution in [3.05, 3.63) is 35.9 Å². The van der Waals surface area contributed by atoms with Gasteiger partial charge in [-0.2, -0.15) is 0 Å². The van der Waals surface area contributed by atoms with E-state index in [0.717, 1.165) is 13.0 Å². The van der Waals surface area contributed by atoms with Gasteiger partial charge in [0.25, 0.3) is 0 Å². The first kappa shape index (κ1) is 13.1. The monoisotopic (exact) mass is 247 g/mol. The summed E-state index contributed by atoms with van der Waals surface area (Å²) in [4.78, 5) is 14.3. The van der Waals surface area contributed by atoms with Gasteiger partial charge in [0.1, 0.15) is 6.04 Å². The van der Waals surface area contributed by atoms with Crippen LogP contribution in [0.25, 0.3) is 0 Å². The number of esters is 1. The molecule has 98 valence electrons. The summed E-state index contributed by atoms with van der Waals surface area (Å²) in [5.41, 5.74) is 1.19. The molecule has 1 fully saturated rings. The zero-order valence-corrected chi connectivity index (χ0v) is 11.1. The molecule has 1 heterocycles. The van der Waals surface area contributed by atoms with Crippen molar-refractivity contribution < 1.29 is 9.53 Å². The molecule has 0 radical (unpaired) electrons. The van der Waals surface area contributed by atoms with E-state index >= 15 is 0 Å². The Morgan fingerprint density at radius 3 is 2.72 bits per heavy atom. The number of ether oxygens (including phenoxy) is 1. The quantitative estimate of drug-likeness (QED) is 0.764. The van der Waals surface area contributed by atoms with Crippen LogP contribution in [0.2, 0.25) is 0 Å². The lowest BCUT2D eigenvalue weighted by Crippen LogP contribution is -2.45. The van der Waals surface area contributed by atoms with Gasteiger partial charge in [-0.05, 0) is 38.3 Å². The number of carbonyl (C=O) groups is 1. The van der Waals surface area contributed by atoms with Crippen LogP contribution in [0.4, 0.5) is 0 Å². The molecule has 1 aromatic carbocycles. The minimum absolute atomic E-state index is 0.118. The Labute approximate surface area is 109 Å². The molecule has 0 amide bonds. The second-order valence-electron chi connectivity index (χ2n) is 4.96. The van der Waals surface area contributed by atoms with Gasteiger partial charge in [0.2, 0.25) is 0 Å². The number of benzene rings is 1. The lowest BCUT2D eigenvalue weighted by atomic mass is 10.0. The van der Waals surface area contributed by atoms with Crippen LogP contribution in [-0.2, 0) is 16.0 Å². The summed E-state index contributed by atoms with van der Waals surface area (Å²) in [6, 6.07) is 10.5. The Hall–Kier alpha value is -1.35. The molecule has 0 aromatic heterocycles. The number of carbonyl (C=O) groups excluding carboxylic acids is 1. The summed E-state index contributed by atoms with van der Waals surface area (Å²) < 4.78 is 4.96. The lowest BCUT2D eigenvalue weighted by Gasteiger charge is -2.29. The van der Waals surface area contributed by atoms with Crippen LogP contribution in [0, 0.1) is 0 Å². The molecule has 2 atom stereocenters. The van der Waals surface area contributed by atoms with Crippen molar-refractivity contribution >= 4 is 5.97 Å². The van der Waals surface area contributed by atoms with Crippen LogP contribution < -0.4 is 0 Å². The predicted molar refractivity (Wildman–Crippen MR) is 71.4 cm³/mol. The molecule has 0 bridgehead atoms. The molecule has 0 saturated carbocycles. The fourth-order valence-electron chi connectivity index (χ4n) is 2.73. The molecule has 1 aliphatic heterocycles. The molecule has 18 heavy (non-hydrogen) atoms. The number of hydrogen-bond donors (Lipinski definition) is 0. The number of hydrogen-bond acceptors (Lipinski definition) is 3. The minimum Gasteiger partial charge on any atom is -0.468 e. The van der Waals surface area contributed by atoms with Crippen LogP contribution in [-0.4, -0.2) is 36.6 Å². The zero-order valence-electron chi connectivity index (χ0n) is 11.1. The SMILES string of the molecule is COC(=O)[C@H](Cc1ccccc1)N1CCC[C@H]1C. The number of rotatable bonds is 4. The van der Waals surface area contributed by atoms with Gasteiger partial charge >= 0.3 is 5.97 Å². The molecule has 2 rings (SSSR count). The first-order chi connectivity index (χ1) is 8.72. The molecule has 3 heteroatoms. The van der Waals surface area contributed by atoms with Crippen molar-refractivity contribution in [3.63, 3.8) is 0 Å². The maximum absolute atomic E-state index is 12.0. The number of methoxy groups -OCH3 is 1. The van der Waals surface area contributed by atoms with Gasteiger partial charge in [-0.25, -0.2) is 0 Å². The molecule has 1 aliphatic rings. The summed E-state index contributed by atoms with van der Waals surface area (Å²) in [7, 11) is 1.47. The van der Waals surface area contributed by atoms with Gasteiger partial charge in [-0.1, -0.05) is 30.3 Å². The Morgan fingerprint density at radius 2 is 2.17 bits per heavy atom. The summed E-state index contributed by atoms with van der Waals surface area (Å²) in [5.74, 6) is -0.118. The summed E-state index contributed by atoms with van der Waals surface area (Å²) in [6.07, 6.45) is 3.07. The largest absolute Gasteiger partial charge is 0.468 e. The van der Waals surface area contributed by atoms with E-state index in [2.05, 4.69) is 24.0 Å². The zero-order chi connectivity index (χ0) is 13.0. The molecule has 0 N–H and O–H groups in total. The van der Waals surface area contributed by atoms with E-state index in [0.29, 0.717) is 6.04 Å². The van der Waals surface area contributed by atoms with E-state index in [9.17, 15) is 4.79 Å². The molecule has 0 unspecified atom stereocenters. The van der Waals surface area contributed by atoms with Crippen molar-refractivity contribution in [2.24, 2.45) is 0 Å². The van der Waals surface area contributed by atoms with Crippen LogP contribution >= 0.6 is 0 Å². The molecular weight excluding hydrogens is 226 g/mol. The van der Waals surface area contributed by atoms with E-state index < -0.39 is 0 Å². The van der Waals surface area contributed by atoms with Gasteiger partial charge in [0.15, 0.2) is 0 Å². The number of nitrogens with zero attached hydrogens (tertiary/aromatic N) is 1. The van der Waals surface area contributed by atoms with Crippen molar-refractivity contribution in [3.8, 4) is 0 Å². The Morgan fingerprint density at radius 1 is 1.44 bits per heavy atom. The Kier molecular flexibility index (Phi) is 4.37. The van der Waals surface area contributed by atoms with Crippen LogP contribution in [0.15, 0.2) is 30.3 Å². The van der Waals surface area contributed by atoms with Crippen molar-refractivity contribution in [1.29, 1.82) is 0 Å². The highest BCUT2D eigenvalue weighted by molar-refractivity contribution is 5.76. The Balaban J connectivity index is 2.13. The highest BCUT2D eigenvalue weighted by atomic mass is 16.5. The van der Waals surface area contributed by atoms with Gasteiger partial charge in [-0.3, -0.25) is 9.69 Å². The minimum atomic E-state index is -0.144. The normalized spacial score (nSPS) is 21.8. The molecule has 1 saturated heterocycles. The topological polar surface area (TPSA) is 29.5 Å². The maximum Gasteiger partial charge on any atom is 0.323 e. The van der Waals surface area contributed by atoms with Gasteiger partial charge in [0.05, 0.1) is 7.11 Å². The Bertz CT molecular complexity index is 391. The second kappa shape index (κ2) is 6.01. The van der Waals surface area contributed by atoms with Crippen LogP contribution in [0.1, 0.15) is 25.3 Å². The fourth-order valence-corrected chi connectivity index (χ4v) is 2.73. The van der Waals surface area contributed by atoms with Crippen molar-refractivity contribution in [2.45, 2.75) is 38.3 Å². The third-order valence-electron chi connectivity index (χ3n) is 3.75. The molecule has 0 spiro atoms. The second-order valence-corrected chi connectivity index (χ2v) is 4.96. The smallest absolute Gasteiger partial charge is 0.323 e. The van der Waals surface area contributed by atoms with Gasteiger partial charge < -0.3 is 4.74 Å². The van der Waals surface area contributed by atoms with Crippen LogP contribution in [0.3, 0.4) is 0 Å². The van der Waals surface area contributed by atoms with E-state index in [1.165, 1.54) is 25.5 Å². The van der Waals surface area contributed by atoms with Gasteiger partial charge in [0, 0.05) is 6.04 Å². The van der Waals surface area contributed by atoms with Crippen molar-refractivity contribution in [1.82, 2.24) is 4.90 Å². The van der Waals surface area contributed by atoms with E-state index in [1.807, 2.05) is 18.2 Å². The third kappa shape index (κ3) is 2.91. The maximum atomic E-state index is 12.0. The first-order valence-electron chi connectivity index (χ1n) is 6.60. The van der Waals surface area contributed by atoms with E-state index in [1.54, 1.807) is 0 Å². The summed E-state index contributed by atoms with van der Waals surface area (Å²) in [6.45, 7) is 3.18. The highest BCUT2D eigenvalue weighted by Gasteiger charge is 2.33. The molecular formula is C15H21NO2. The van der Waals surface area contributed by atoms with E-state index in [4.69, 9.17) is 4.74 Å². The third-order valence-corrected chi connectivity index (χ3v) is 3.75. The number of likely N-dealkylation sites (tertiary alicyclic amines) is 1. The summed E-state index contributed by atoms with van der Waals surface area (Å²) in [5, 5.41) is 0. The average molecular weight is 247 g/mol. The first-order valence-corrected chi connectivity index (χ1v) is 6.60. The van der Waals surface area contributed by atoms with Gasteiger partial charge in [-0.15, -0.1) is 0 Å². The summed E-state index contributed by atoms with van der Waals surface area (Å²) >= 11 is 0. The van der Waals surface area contributed by atoms with Crippen molar-refractivity contribution in [2.75, 3.05) is 13.7 Å². The standard InChI is InChI=1S/C15H21NO2/c1-12-7-6-10-16(12)14(15(17)18-2)11-13-8-4-3-5-9-13/h3-5,8-9,12,14H,6-7,10-11H2,1-2H3/t12-,14+/m1/s1. The molecule has 1 aromatic rings. The lowest BCUT2D eigenvalue weighted by molar-refractivity contribution is -0.147. The average Bonchev–Trinajstić information content (AvgIpc) is 2.82. The molecule has 0 aliphatic carbocycles. The predicted octanol–water partition coefficient (Wildman–Crippen LogP) is 2.25. The fraction of sp³-hybridized carbons (Fsp3) is 0.533. The highest BCUT2D eigenvalue weighted by Crippen LogP contribution is 2.22. The van der Waals surface area contributed by atoms with E-state index in [-0.39, 0.29) is 12.0 Å². The van der Waals surface area contributed by atoms with Crippen LogP contribution in [0.5, 0.6) is 0 Å².